The van der Waals surface area contributed by atoms with Gasteiger partial charge in [-0.1, -0.05) is 30.3 Å². The lowest BCUT2D eigenvalue weighted by atomic mass is 9.77. The van der Waals surface area contributed by atoms with Gasteiger partial charge < -0.3 is 23.9 Å². The number of carbonyl (C=O) groups is 2. The fraction of sp³-hybridized carbons (Fsp3) is 0.424. The number of carboxylic acid groups (broad SMARTS) is 1. The number of esters is 1. The molecule has 0 amide bonds. The number of likely N-dealkylation sites (N-methyl/N-ethyl adjacent to an activating group) is 1. The second kappa shape index (κ2) is 12.4. The number of aliphatic carboxylic acids is 1. The molecular formula is C33H40N2O7. The Bertz CT molecular complexity index is 1540. The Kier molecular flexibility index (Phi) is 9.11. The van der Waals surface area contributed by atoms with Gasteiger partial charge in [-0.25, -0.2) is 4.79 Å². The molecule has 4 rings (SSSR count). The lowest BCUT2D eigenvalue weighted by molar-refractivity contribution is -0.160. The molecule has 0 spiro atoms. The number of carbonyl (C=O) groups excluding carboxylic acids is 1. The van der Waals surface area contributed by atoms with Crippen LogP contribution in [-0.4, -0.2) is 52.8 Å². The van der Waals surface area contributed by atoms with Crippen LogP contribution < -0.4 is 19.6 Å². The summed E-state index contributed by atoms with van der Waals surface area (Å²) >= 11 is 0. The summed E-state index contributed by atoms with van der Waals surface area (Å²) in [7, 11) is 3.60. The first kappa shape index (κ1) is 30.8. The van der Waals surface area contributed by atoms with E-state index >= 15 is 0 Å². The van der Waals surface area contributed by atoms with E-state index in [0.29, 0.717) is 36.6 Å². The highest BCUT2D eigenvalue weighted by atomic mass is 16.5. The average Bonchev–Trinajstić information content (AvgIpc) is 2.94. The minimum atomic E-state index is -1.47. The first-order valence-corrected chi connectivity index (χ1v) is 14.1. The van der Waals surface area contributed by atoms with Crippen molar-refractivity contribution < 1.29 is 28.9 Å². The number of fused-ring (bicyclic) bond motifs is 1. The van der Waals surface area contributed by atoms with Gasteiger partial charge in [0.05, 0.1) is 12.2 Å². The number of pyridine rings is 1. The Morgan fingerprint density at radius 1 is 1.05 bits per heavy atom. The largest absolute Gasteiger partial charge is 0.483 e. The van der Waals surface area contributed by atoms with E-state index < -0.39 is 17.5 Å². The third-order valence-corrected chi connectivity index (χ3v) is 8.27. The lowest BCUT2D eigenvalue weighted by Gasteiger charge is -2.41. The summed E-state index contributed by atoms with van der Waals surface area (Å²) in [6.07, 6.45) is 2.61. The minimum absolute atomic E-state index is 0.140. The molecule has 9 nitrogen and oxygen atoms in total. The van der Waals surface area contributed by atoms with Crippen molar-refractivity contribution in [2.24, 2.45) is 5.92 Å². The maximum atomic E-state index is 12.6. The van der Waals surface area contributed by atoms with Crippen LogP contribution in [0.25, 0.3) is 0 Å². The van der Waals surface area contributed by atoms with Gasteiger partial charge in [-0.05, 0) is 83.8 Å². The van der Waals surface area contributed by atoms with Gasteiger partial charge in [0, 0.05) is 30.3 Å². The van der Waals surface area contributed by atoms with Gasteiger partial charge in [-0.2, -0.15) is 0 Å². The predicted molar refractivity (Wildman–Crippen MR) is 160 cm³/mol. The molecule has 0 saturated heterocycles. The Morgan fingerprint density at radius 2 is 1.74 bits per heavy atom. The molecule has 2 aromatic carbocycles. The fourth-order valence-electron chi connectivity index (χ4n) is 5.53. The molecular weight excluding hydrogens is 536 g/mol. The molecule has 3 aromatic rings. The van der Waals surface area contributed by atoms with Crippen LogP contribution >= 0.6 is 0 Å². The molecule has 224 valence electrons. The van der Waals surface area contributed by atoms with Crippen molar-refractivity contribution in [1.29, 1.82) is 0 Å². The third-order valence-electron chi connectivity index (χ3n) is 8.27. The number of ether oxygens (including phenoxy) is 3. The lowest BCUT2D eigenvalue weighted by Crippen LogP contribution is -2.52. The molecule has 0 fully saturated rings. The summed E-state index contributed by atoms with van der Waals surface area (Å²) in [4.78, 5) is 39.5. The highest BCUT2D eigenvalue weighted by Crippen LogP contribution is 2.46. The van der Waals surface area contributed by atoms with Crippen LogP contribution in [0.3, 0.4) is 0 Å². The van der Waals surface area contributed by atoms with Crippen LogP contribution in [0.5, 0.6) is 17.2 Å². The number of carboxylic acids is 1. The van der Waals surface area contributed by atoms with E-state index in [0.717, 1.165) is 27.8 Å². The summed E-state index contributed by atoms with van der Waals surface area (Å²) in [5.74, 6) is -0.503. The summed E-state index contributed by atoms with van der Waals surface area (Å²) in [6, 6.07) is 11.1. The van der Waals surface area contributed by atoms with Gasteiger partial charge in [0.1, 0.15) is 18.1 Å². The topological polar surface area (TPSA) is 107 Å². The van der Waals surface area contributed by atoms with E-state index in [1.54, 1.807) is 32.1 Å². The van der Waals surface area contributed by atoms with Crippen LogP contribution in [0.15, 0.2) is 47.4 Å². The summed E-state index contributed by atoms with van der Waals surface area (Å²) in [6.45, 7) is 9.90. The minimum Gasteiger partial charge on any atom is -0.483 e. The van der Waals surface area contributed by atoms with Crippen molar-refractivity contribution in [2.45, 2.75) is 66.2 Å². The van der Waals surface area contributed by atoms with Crippen LogP contribution in [0.2, 0.25) is 0 Å². The average molecular weight is 577 g/mol. The van der Waals surface area contributed by atoms with Crippen molar-refractivity contribution in [2.75, 3.05) is 20.6 Å². The van der Waals surface area contributed by atoms with E-state index in [4.69, 9.17) is 14.2 Å². The molecule has 1 aromatic heterocycles. The van der Waals surface area contributed by atoms with E-state index in [1.165, 1.54) is 6.07 Å². The van der Waals surface area contributed by atoms with Crippen molar-refractivity contribution in [1.82, 2.24) is 9.47 Å². The molecule has 2 atom stereocenters. The monoisotopic (exact) mass is 576 g/mol. The first-order chi connectivity index (χ1) is 19.8. The number of hydrogen-bond acceptors (Lipinski definition) is 7. The third kappa shape index (κ3) is 6.21. The zero-order valence-corrected chi connectivity index (χ0v) is 25.4. The number of aromatic nitrogens is 1. The SMILES string of the molecule is Cc1c(C)c2c(c(C)c1OC(=O)CN(C)C)CC(CCn1ccc(=O)c(OCc3ccccc3)c1C)C(C)(C(=O)O)O2. The Morgan fingerprint density at radius 3 is 2.38 bits per heavy atom. The number of aryl methyl sites for hydroxylation is 1. The molecule has 9 heteroatoms. The summed E-state index contributed by atoms with van der Waals surface area (Å²) in [5.41, 5.74) is 3.07. The zero-order chi connectivity index (χ0) is 30.8. The standard InChI is InChI=1S/C33H40N2O7/c1-20-21(2)30-26(22(3)29(20)41-28(37)18-34(6)7)17-25(33(5,42-30)32(38)39)13-15-35-16-14-27(36)31(23(35)4)40-19-24-11-9-8-10-12-24/h8-12,14,16,25H,13,15,17-19H2,1-7H3,(H,38,39). The fourth-order valence-corrected chi connectivity index (χ4v) is 5.53. The van der Waals surface area contributed by atoms with Crippen molar-refractivity contribution in [3.63, 3.8) is 0 Å². The maximum Gasteiger partial charge on any atom is 0.348 e. The predicted octanol–water partition coefficient (Wildman–Crippen LogP) is 4.61. The molecule has 1 aliphatic rings. The highest BCUT2D eigenvalue weighted by molar-refractivity contribution is 5.80. The normalized spacial score (nSPS) is 17.9. The van der Waals surface area contributed by atoms with E-state index in [1.807, 2.05) is 62.6 Å². The summed E-state index contributed by atoms with van der Waals surface area (Å²) in [5, 5.41) is 10.3. The number of rotatable bonds is 10. The smallest absolute Gasteiger partial charge is 0.348 e. The van der Waals surface area contributed by atoms with Crippen LogP contribution in [0.4, 0.5) is 0 Å². The van der Waals surface area contributed by atoms with Gasteiger partial charge >= 0.3 is 11.9 Å². The molecule has 2 unspecified atom stereocenters. The van der Waals surface area contributed by atoms with Crippen LogP contribution in [0.1, 0.15) is 46.9 Å². The molecule has 0 radical (unpaired) electrons. The quantitative estimate of drug-likeness (QED) is 0.275. The zero-order valence-electron chi connectivity index (χ0n) is 25.4. The number of nitrogens with zero attached hydrogens (tertiary/aromatic N) is 2. The van der Waals surface area contributed by atoms with Crippen LogP contribution in [0, 0.1) is 33.6 Å². The second-order valence-electron chi connectivity index (χ2n) is 11.5. The molecule has 1 N–H and O–H groups in total. The molecule has 0 bridgehead atoms. The summed E-state index contributed by atoms with van der Waals surface area (Å²) < 4.78 is 20.0. The Balaban J connectivity index is 1.62. The molecule has 0 saturated carbocycles. The molecule has 1 aliphatic heterocycles. The second-order valence-corrected chi connectivity index (χ2v) is 11.5. The van der Waals surface area contributed by atoms with Crippen molar-refractivity contribution in [3.05, 3.63) is 86.3 Å². The Hall–Kier alpha value is -4.11. The molecule has 0 aliphatic carbocycles. The van der Waals surface area contributed by atoms with Crippen LogP contribution in [-0.2, 0) is 29.2 Å². The molecule has 42 heavy (non-hydrogen) atoms. The van der Waals surface area contributed by atoms with Crippen molar-refractivity contribution >= 4 is 11.9 Å². The maximum absolute atomic E-state index is 12.6. The first-order valence-electron chi connectivity index (χ1n) is 14.1. The molecule has 2 heterocycles. The Labute approximate surface area is 246 Å². The van der Waals surface area contributed by atoms with E-state index in [-0.39, 0.29) is 30.3 Å². The van der Waals surface area contributed by atoms with Gasteiger partial charge in [0.25, 0.3) is 0 Å². The van der Waals surface area contributed by atoms with E-state index in [2.05, 4.69) is 0 Å². The van der Waals surface area contributed by atoms with Gasteiger partial charge in [0.2, 0.25) is 11.0 Å². The van der Waals surface area contributed by atoms with E-state index in [9.17, 15) is 19.5 Å². The number of benzene rings is 2. The number of hydrogen-bond donors (Lipinski definition) is 1. The van der Waals surface area contributed by atoms with Crippen molar-refractivity contribution in [3.8, 4) is 17.2 Å². The van der Waals surface area contributed by atoms with Gasteiger partial charge in [0.15, 0.2) is 5.75 Å². The van der Waals surface area contributed by atoms with Gasteiger partial charge in [-0.3, -0.25) is 14.5 Å². The highest BCUT2D eigenvalue weighted by Gasteiger charge is 2.48. The van der Waals surface area contributed by atoms with Gasteiger partial charge in [-0.15, -0.1) is 0 Å².